The fourth-order valence-electron chi connectivity index (χ4n) is 3.19. The summed E-state index contributed by atoms with van der Waals surface area (Å²) in [7, 11) is 0. The molecule has 2 aromatic rings. The zero-order chi connectivity index (χ0) is 16.8. The van der Waals surface area contributed by atoms with Crippen molar-refractivity contribution in [2.24, 2.45) is 0 Å². The molecule has 5 nitrogen and oxygen atoms in total. The molecule has 1 atom stereocenters. The van der Waals surface area contributed by atoms with Crippen molar-refractivity contribution in [3.8, 4) is 0 Å². The van der Waals surface area contributed by atoms with Gasteiger partial charge in [0.1, 0.15) is 5.69 Å². The number of carbonyl (C=O) groups is 1. The minimum absolute atomic E-state index is 0. The van der Waals surface area contributed by atoms with E-state index in [9.17, 15) is 4.79 Å². The van der Waals surface area contributed by atoms with Crippen LogP contribution in [-0.2, 0) is 6.42 Å². The summed E-state index contributed by atoms with van der Waals surface area (Å²) in [5, 5.41) is 7.93. The largest absolute Gasteiger partial charge is 0.337 e. The van der Waals surface area contributed by atoms with E-state index >= 15 is 0 Å². The van der Waals surface area contributed by atoms with Crippen LogP contribution in [0.5, 0.6) is 0 Å². The lowest BCUT2D eigenvalue weighted by Crippen LogP contribution is -2.34. The van der Waals surface area contributed by atoms with Gasteiger partial charge in [-0.05, 0) is 44.4 Å². The lowest BCUT2D eigenvalue weighted by molar-refractivity contribution is 0.0759. The number of benzene rings is 1. The number of amides is 1. The average molecular weight is 363 g/mol. The molecule has 6 heteroatoms. The normalized spacial score (nSPS) is 16.9. The number of nitrogens with zero attached hydrogens (tertiary/aromatic N) is 3. The summed E-state index contributed by atoms with van der Waals surface area (Å²) < 4.78 is 1.95. The molecule has 1 aromatic heterocycles. The molecule has 3 rings (SSSR count). The molecule has 0 bridgehead atoms. The molecule has 1 saturated heterocycles. The van der Waals surface area contributed by atoms with E-state index in [0.29, 0.717) is 18.3 Å². The van der Waals surface area contributed by atoms with E-state index in [0.717, 1.165) is 38.9 Å². The molecule has 0 saturated carbocycles. The quantitative estimate of drug-likeness (QED) is 0.859. The third-order valence-corrected chi connectivity index (χ3v) is 4.65. The molecule has 1 aromatic carbocycles. The number of carbonyl (C=O) groups excluding carboxylic acids is 1. The minimum Gasteiger partial charge on any atom is -0.337 e. The first kappa shape index (κ1) is 19.5. The Morgan fingerprint density at radius 1 is 1.32 bits per heavy atom. The Morgan fingerprint density at radius 2 is 2.12 bits per heavy atom. The van der Waals surface area contributed by atoms with E-state index in [1.807, 2.05) is 47.0 Å². The van der Waals surface area contributed by atoms with Crippen LogP contribution in [0.3, 0.4) is 0 Å². The van der Waals surface area contributed by atoms with Crippen LogP contribution in [0.4, 0.5) is 0 Å². The zero-order valence-electron chi connectivity index (χ0n) is 14.7. The van der Waals surface area contributed by atoms with Crippen LogP contribution in [0.15, 0.2) is 42.6 Å². The molecule has 1 aliphatic heterocycles. The standard InChI is InChI=1S/C19H26N4O.ClH/c1-2-22(13-10-16-7-4-3-5-8-16)19(24)18-11-14-23(21-18)17-9-6-12-20-15-17;/h3-5,7-8,11,14,17,20H,2,6,9-10,12-13,15H2,1H3;1H. The van der Waals surface area contributed by atoms with E-state index in [1.165, 1.54) is 5.56 Å². The molecular formula is C19H27ClN4O. The Morgan fingerprint density at radius 3 is 2.80 bits per heavy atom. The second-order valence-electron chi connectivity index (χ2n) is 6.30. The van der Waals surface area contributed by atoms with Gasteiger partial charge in [0.15, 0.2) is 0 Å². The molecule has 0 aliphatic carbocycles. The Hall–Kier alpha value is -1.85. The molecule has 1 fully saturated rings. The van der Waals surface area contributed by atoms with Gasteiger partial charge in [-0.2, -0.15) is 5.10 Å². The molecule has 136 valence electrons. The number of hydrogen-bond donors (Lipinski definition) is 1. The van der Waals surface area contributed by atoms with Gasteiger partial charge in [0.25, 0.3) is 5.91 Å². The summed E-state index contributed by atoms with van der Waals surface area (Å²) in [4.78, 5) is 14.6. The van der Waals surface area contributed by atoms with Gasteiger partial charge in [-0.25, -0.2) is 0 Å². The van der Waals surface area contributed by atoms with Gasteiger partial charge < -0.3 is 10.2 Å². The van der Waals surface area contributed by atoms with Gasteiger partial charge in [0.2, 0.25) is 0 Å². The van der Waals surface area contributed by atoms with E-state index in [1.54, 1.807) is 0 Å². The molecule has 0 radical (unpaired) electrons. The van der Waals surface area contributed by atoms with Crippen molar-refractivity contribution in [2.75, 3.05) is 26.2 Å². The first-order valence-electron chi connectivity index (χ1n) is 8.87. The first-order valence-corrected chi connectivity index (χ1v) is 8.87. The maximum Gasteiger partial charge on any atom is 0.274 e. The van der Waals surface area contributed by atoms with Gasteiger partial charge >= 0.3 is 0 Å². The summed E-state index contributed by atoms with van der Waals surface area (Å²) in [5.74, 6) is 0.0240. The van der Waals surface area contributed by atoms with E-state index in [-0.39, 0.29) is 18.3 Å². The second-order valence-corrected chi connectivity index (χ2v) is 6.30. The smallest absolute Gasteiger partial charge is 0.274 e. The SMILES string of the molecule is CCN(CCc1ccccc1)C(=O)c1ccn(C2CCCNC2)n1.Cl. The minimum atomic E-state index is 0. The lowest BCUT2D eigenvalue weighted by atomic mass is 10.1. The number of aromatic nitrogens is 2. The maximum absolute atomic E-state index is 12.7. The van der Waals surface area contributed by atoms with E-state index in [2.05, 4.69) is 22.5 Å². The molecule has 1 unspecified atom stereocenters. The predicted octanol–water partition coefficient (Wildman–Crippen LogP) is 2.93. The summed E-state index contributed by atoms with van der Waals surface area (Å²) >= 11 is 0. The fraction of sp³-hybridized carbons (Fsp3) is 0.474. The number of nitrogens with one attached hydrogen (secondary N) is 1. The van der Waals surface area contributed by atoms with Gasteiger partial charge in [-0.1, -0.05) is 30.3 Å². The third-order valence-electron chi connectivity index (χ3n) is 4.65. The zero-order valence-corrected chi connectivity index (χ0v) is 15.5. The van der Waals surface area contributed by atoms with Crippen molar-refractivity contribution in [1.82, 2.24) is 20.0 Å². The Kier molecular flexibility index (Phi) is 7.47. The molecule has 1 N–H and O–H groups in total. The van der Waals surface area contributed by atoms with Crippen molar-refractivity contribution in [3.63, 3.8) is 0 Å². The van der Waals surface area contributed by atoms with Crippen molar-refractivity contribution in [2.45, 2.75) is 32.2 Å². The van der Waals surface area contributed by atoms with Crippen LogP contribution < -0.4 is 5.32 Å². The van der Waals surface area contributed by atoms with Crippen LogP contribution >= 0.6 is 12.4 Å². The topological polar surface area (TPSA) is 50.2 Å². The van der Waals surface area contributed by atoms with Gasteiger partial charge in [-0.15, -0.1) is 12.4 Å². The summed E-state index contributed by atoms with van der Waals surface area (Å²) in [5.41, 5.74) is 1.80. The summed E-state index contributed by atoms with van der Waals surface area (Å²) in [6.07, 6.45) is 5.09. The summed E-state index contributed by atoms with van der Waals surface area (Å²) in [6.45, 7) is 5.44. The van der Waals surface area contributed by atoms with Crippen molar-refractivity contribution in [1.29, 1.82) is 0 Å². The number of likely N-dealkylation sites (N-methyl/N-ethyl adjacent to an activating group) is 1. The third kappa shape index (κ3) is 5.06. The predicted molar refractivity (Wildman–Crippen MR) is 102 cm³/mol. The highest BCUT2D eigenvalue weighted by molar-refractivity contribution is 5.92. The molecule has 25 heavy (non-hydrogen) atoms. The Bertz CT molecular complexity index is 652. The number of hydrogen-bond acceptors (Lipinski definition) is 3. The summed E-state index contributed by atoms with van der Waals surface area (Å²) in [6, 6.07) is 12.5. The molecule has 1 aliphatic rings. The van der Waals surface area contributed by atoms with Crippen LogP contribution in [-0.4, -0.2) is 46.8 Å². The van der Waals surface area contributed by atoms with Crippen molar-refractivity contribution >= 4 is 18.3 Å². The van der Waals surface area contributed by atoms with Crippen LogP contribution in [0.1, 0.15) is 41.9 Å². The van der Waals surface area contributed by atoms with Crippen molar-refractivity contribution in [3.05, 3.63) is 53.9 Å². The second kappa shape index (κ2) is 9.59. The van der Waals surface area contributed by atoms with E-state index < -0.39 is 0 Å². The Balaban J connectivity index is 0.00000225. The molecule has 2 heterocycles. The van der Waals surface area contributed by atoms with Crippen LogP contribution in [0.25, 0.3) is 0 Å². The Labute approximate surface area is 155 Å². The highest BCUT2D eigenvalue weighted by Crippen LogP contribution is 2.16. The van der Waals surface area contributed by atoms with Gasteiger partial charge in [0, 0.05) is 25.8 Å². The highest BCUT2D eigenvalue weighted by Gasteiger charge is 2.20. The van der Waals surface area contributed by atoms with Crippen LogP contribution in [0, 0.1) is 0 Å². The molecular weight excluding hydrogens is 336 g/mol. The highest BCUT2D eigenvalue weighted by atomic mass is 35.5. The van der Waals surface area contributed by atoms with Crippen LogP contribution in [0.2, 0.25) is 0 Å². The monoisotopic (exact) mass is 362 g/mol. The lowest BCUT2D eigenvalue weighted by Gasteiger charge is -2.23. The number of rotatable bonds is 6. The maximum atomic E-state index is 12.7. The number of piperidine rings is 1. The molecule has 0 spiro atoms. The molecule has 1 amide bonds. The van der Waals surface area contributed by atoms with E-state index in [4.69, 9.17) is 0 Å². The number of halogens is 1. The van der Waals surface area contributed by atoms with Crippen molar-refractivity contribution < 1.29 is 4.79 Å². The fourth-order valence-corrected chi connectivity index (χ4v) is 3.19. The van der Waals surface area contributed by atoms with Gasteiger partial charge in [0.05, 0.1) is 6.04 Å². The average Bonchev–Trinajstić information content (AvgIpc) is 3.14. The van der Waals surface area contributed by atoms with Gasteiger partial charge in [-0.3, -0.25) is 9.48 Å². The first-order chi connectivity index (χ1) is 11.8.